The maximum atomic E-state index is 10.8. The van der Waals surface area contributed by atoms with E-state index in [1.54, 1.807) is 7.11 Å². The Balaban J connectivity index is 1.92. The number of para-hydroxylation sites is 2. The zero-order valence-electron chi connectivity index (χ0n) is 12.5. The van der Waals surface area contributed by atoms with Gasteiger partial charge in [0, 0.05) is 19.6 Å². The van der Waals surface area contributed by atoms with E-state index in [1.807, 2.05) is 18.2 Å². The average molecular weight is 440 g/mol. The zero-order valence-corrected chi connectivity index (χ0v) is 15.5. The Bertz CT molecular complexity index is 596. The van der Waals surface area contributed by atoms with Crippen molar-refractivity contribution < 1.29 is 17.7 Å². The summed E-state index contributed by atoms with van der Waals surface area (Å²) >= 11 is 2.40. The van der Waals surface area contributed by atoms with E-state index in [4.69, 9.17) is 9.29 Å². The van der Waals surface area contributed by atoms with Gasteiger partial charge in [-0.25, -0.2) is 0 Å². The van der Waals surface area contributed by atoms with Crippen LogP contribution in [0.25, 0.3) is 0 Å². The summed E-state index contributed by atoms with van der Waals surface area (Å²) in [6.45, 7) is 3.26. The van der Waals surface area contributed by atoms with Crippen LogP contribution in [0.2, 0.25) is 0 Å². The number of alkyl halides is 1. The van der Waals surface area contributed by atoms with Gasteiger partial charge in [0.2, 0.25) is 0 Å². The third-order valence-corrected chi connectivity index (χ3v) is 5.55. The molecule has 0 saturated carbocycles. The third-order valence-electron chi connectivity index (χ3n) is 3.68. The van der Waals surface area contributed by atoms with E-state index in [0.717, 1.165) is 31.1 Å². The molecule has 1 saturated heterocycles. The topological polar surface area (TPSA) is 70.1 Å². The highest BCUT2D eigenvalue weighted by Crippen LogP contribution is 2.32. The standard InChI is InChI=1S/C14H21IN2O4S/c1-21-13-6-3-2-5-12(13)17-9-8-16(11-14(17)15)7-4-10-22(18,19)20/h2-3,5-6,14H,4,7-11H2,1H3,(H,18,19,20). The molecule has 0 spiro atoms. The molecular weight excluding hydrogens is 419 g/mol. The fourth-order valence-electron chi connectivity index (χ4n) is 2.60. The summed E-state index contributed by atoms with van der Waals surface area (Å²) in [5.41, 5.74) is 1.09. The van der Waals surface area contributed by atoms with E-state index in [-0.39, 0.29) is 9.80 Å². The number of hydrogen-bond acceptors (Lipinski definition) is 5. The number of halogens is 1. The van der Waals surface area contributed by atoms with E-state index in [2.05, 4.69) is 38.5 Å². The quantitative estimate of drug-likeness (QED) is 0.315. The number of methoxy groups -OCH3 is 1. The first kappa shape index (κ1) is 17.8. The first-order valence-electron chi connectivity index (χ1n) is 7.12. The molecule has 1 heterocycles. The molecule has 124 valence electrons. The normalized spacial score (nSPS) is 20.1. The van der Waals surface area contributed by atoms with E-state index in [0.29, 0.717) is 13.0 Å². The van der Waals surface area contributed by atoms with Crippen molar-refractivity contribution in [3.63, 3.8) is 0 Å². The number of hydrogen-bond donors (Lipinski definition) is 1. The number of anilines is 1. The van der Waals surface area contributed by atoms with Crippen molar-refractivity contribution >= 4 is 38.4 Å². The van der Waals surface area contributed by atoms with Gasteiger partial charge < -0.3 is 9.64 Å². The van der Waals surface area contributed by atoms with Crippen LogP contribution >= 0.6 is 22.6 Å². The second kappa shape index (κ2) is 7.80. The van der Waals surface area contributed by atoms with Gasteiger partial charge in [-0.3, -0.25) is 9.45 Å². The SMILES string of the molecule is COc1ccccc1N1CCN(CCCS(=O)(=O)O)CC1I. The highest BCUT2D eigenvalue weighted by atomic mass is 127. The molecule has 1 aliphatic rings. The van der Waals surface area contributed by atoms with Crippen LogP contribution < -0.4 is 9.64 Å². The smallest absolute Gasteiger partial charge is 0.264 e. The molecule has 6 nitrogen and oxygen atoms in total. The Kier molecular flexibility index (Phi) is 6.30. The first-order valence-corrected chi connectivity index (χ1v) is 9.97. The highest BCUT2D eigenvalue weighted by molar-refractivity contribution is 14.1. The van der Waals surface area contributed by atoms with Crippen molar-refractivity contribution in [3.05, 3.63) is 24.3 Å². The fourth-order valence-corrected chi connectivity index (χ4v) is 4.23. The number of piperazine rings is 1. The van der Waals surface area contributed by atoms with Crippen LogP contribution in [-0.2, 0) is 10.1 Å². The van der Waals surface area contributed by atoms with Gasteiger partial charge in [-0.2, -0.15) is 8.42 Å². The Morgan fingerprint density at radius 1 is 1.36 bits per heavy atom. The lowest BCUT2D eigenvalue weighted by atomic mass is 10.2. The Hall–Kier alpha value is -0.580. The maximum Gasteiger partial charge on any atom is 0.264 e. The van der Waals surface area contributed by atoms with Crippen molar-refractivity contribution in [1.82, 2.24) is 4.90 Å². The minimum Gasteiger partial charge on any atom is -0.495 e. The maximum absolute atomic E-state index is 10.8. The van der Waals surface area contributed by atoms with E-state index in [1.165, 1.54) is 0 Å². The van der Waals surface area contributed by atoms with Crippen molar-refractivity contribution in [1.29, 1.82) is 0 Å². The van der Waals surface area contributed by atoms with Crippen LogP contribution in [-0.4, -0.2) is 61.0 Å². The second-order valence-electron chi connectivity index (χ2n) is 5.24. The van der Waals surface area contributed by atoms with Crippen LogP contribution in [0.4, 0.5) is 5.69 Å². The van der Waals surface area contributed by atoms with Crippen LogP contribution in [0.1, 0.15) is 6.42 Å². The van der Waals surface area contributed by atoms with Gasteiger partial charge in [-0.15, -0.1) is 0 Å². The van der Waals surface area contributed by atoms with E-state index >= 15 is 0 Å². The van der Waals surface area contributed by atoms with Gasteiger partial charge in [-0.1, -0.05) is 34.7 Å². The molecule has 1 N–H and O–H groups in total. The lowest BCUT2D eigenvalue weighted by molar-refractivity contribution is 0.252. The van der Waals surface area contributed by atoms with Crippen molar-refractivity contribution in [3.8, 4) is 5.75 Å². The van der Waals surface area contributed by atoms with Gasteiger partial charge in [0.15, 0.2) is 0 Å². The molecule has 0 aliphatic carbocycles. The number of nitrogens with zero attached hydrogens (tertiary/aromatic N) is 2. The molecular formula is C14H21IN2O4S. The molecule has 1 atom stereocenters. The summed E-state index contributed by atoms with van der Waals surface area (Å²) in [7, 11) is -2.18. The van der Waals surface area contributed by atoms with Crippen molar-refractivity contribution in [2.45, 2.75) is 10.5 Å². The van der Waals surface area contributed by atoms with Crippen LogP contribution in [0.15, 0.2) is 24.3 Å². The largest absolute Gasteiger partial charge is 0.495 e. The van der Waals surface area contributed by atoms with Crippen LogP contribution in [0.5, 0.6) is 5.75 Å². The third kappa shape index (κ3) is 4.97. The van der Waals surface area contributed by atoms with Gasteiger partial charge in [-0.05, 0) is 25.1 Å². The Morgan fingerprint density at radius 3 is 2.73 bits per heavy atom. The number of benzene rings is 1. The summed E-state index contributed by atoms with van der Waals surface area (Å²) in [6.07, 6.45) is 0.455. The Labute approximate surface area is 145 Å². The summed E-state index contributed by atoms with van der Waals surface area (Å²) in [6, 6.07) is 7.96. The Morgan fingerprint density at radius 2 is 2.09 bits per heavy atom. The minimum absolute atomic E-state index is 0.175. The molecule has 8 heteroatoms. The molecule has 1 unspecified atom stereocenters. The lowest BCUT2D eigenvalue weighted by Gasteiger charge is -2.40. The monoisotopic (exact) mass is 440 g/mol. The molecule has 1 fully saturated rings. The summed E-state index contributed by atoms with van der Waals surface area (Å²) in [5.74, 6) is 0.690. The average Bonchev–Trinajstić information content (AvgIpc) is 2.46. The lowest BCUT2D eigenvalue weighted by Crippen LogP contribution is -2.51. The molecule has 0 radical (unpaired) electrons. The fraction of sp³-hybridized carbons (Fsp3) is 0.571. The predicted octanol–water partition coefficient (Wildman–Crippen LogP) is 1.86. The van der Waals surface area contributed by atoms with Gasteiger partial charge in [0.1, 0.15) is 5.75 Å². The molecule has 0 bridgehead atoms. The van der Waals surface area contributed by atoms with E-state index < -0.39 is 10.1 Å². The predicted molar refractivity (Wildman–Crippen MR) is 95.6 cm³/mol. The van der Waals surface area contributed by atoms with Crippen molar-refractivity contribution in [2.75, 3.05) is 43.9 Å². The molecule has 2 rings (SSSR count). The summed E-state index contributed by atoms with van der Waals surface area (Å²) in [4.78, 5) is 4.53. The highest BCUT2D eigenvalue weighted by Gasteiger charge is 2.26. The molecule has 1 aliphatic heterocycles. The summed E-state index contributed by atoms with van der Waals surface area (Å²) < 4.78 is 36.0. The van der Waals surface area contributed by atoms with Gasteiger partial charge in [0.05, 0.1) is 22.6 Å². The number of ether oxygens (including phenoxy) is 1. The molecule has 0 aromatic heterocycles. The van der Waals surface area contributed by atoms with Crippen LogP contribution in [0, 0.1) is 0 Å². The van der Waals surface area contributed by atoms with Crippen molar-refractivity contribution in [2.24, 2.45) is 0 Å². The number of rotatable bonds is 6. The first-order chi connectivity index (χ1) is 10.4. The van der Waals surface area contributed by atoms with Crippen LogP contribution in [0.3, 0.4) is 0 Å². The second-order valence-corrected chi connectivity index (χ2v) is 8.25. The van der Waals surface area contributed by atoms with E-state index in [9.17, 15) is 8.42 Å². The molecule has 1 aromatic rings. The minimum atomic E-state index is -3.86. The summed E-state index contributed by atoms with van der Waals surface area (Å²) in [5, 5.41) is 0. The molecule has 22 heavy (non-hydrogen) atoms. The van der Waals surface area contributed by atoms with Gasteiger partial charge >= 0.3 is 0 Å². The zero-order chi connectivity index (χ0) is 16.2. The molecule has 1 aromatic carbocycles. The van der Waals surface area contributed by atoms with Gasteiger partial charge in [0.25, 0.3) is 10.1 Å². The molecule has 0 amide bonds.